The first kappa shape index (κ1) is 19.4. The summed E-state index contributed by atoms with van der Waals surface area (Å²) in [5.41, 5.74) is 5.52. The van der Waals surface area contributed by atoms with Crippen molar-refractivity contribution >= 4 is 23.3 Å². The van der Waals surface area contributed by atoms with Crippen LogP contribution in [0.1, 0.15) is 17.2 Å². The van der Waals surface area contributed by atoms with Crippen molar-refractivity contribution < 1.29 is 18.0 Å². The molecule has 144 valence electrons. The summed E-state index contributed by atoms with van der Waals surface area (Å²) in [5.74, 6) is -0.139. The summed E-state index contributed by atoms with van der Waals surface area (Å²) < 4.78 is 38.3. The maximum absolute atomic E-state index is 12.8. The zero-order valence-corrected chi connectivity index (χ0v) is 15.0. The number of carbonyl (C=O) groups is 1. The molecule has 0 saturated carbocycles. The minimum atomic E-state index is -4.49. The van der Waals surface area contributed by atoms with Gasteiger partial charge in [-0.05, 0) is 11.6 Å². The molecule has 1 amide bonds. The zero-order valence-electron chi connectivity index (χ0n) is 14.3. The van der Waals surface area contributed by atoms with Crippen LogP contribution in [0, 0.1) is 0 Å². The summed E-state index contributed by atoms with van der Waals surface area (Å²) in [4.78, 5) is 19.6. The molecule has 1 aliphatic rings. The number of hydrogen-bond acceptors (Lipinski definition) is 4. The molecule has 5 nitrogen and oxygen atoms in total. The smallest absolute Gasteiger partial charge is 0.368 e. The van der Waals surface area contributed by atoms with Gasteiger partial charge in [0.1, 0.15) is 11.9 Å². The highest BCUT2D eigenvalue weighted by Gasteiger charge is 2.33. The molecule has 1 fully saturated rings. The lowest BCUT2D eigenvalue weighted by Gasteiger charge is -2.39. The van der Waals surface area contributed by atoms with Gasteiger partial charge < -0.3 is 10.6 Å². The Hall–Kier alpha value is -2.32. The van der Waals surface area contributed by atoms with E-state index in [0.717, 1.165) is 17.8 Å². The largest absolute Gasteiger partial charge is 0.417 e. The number of hydrogen-bond donors (Lipinski definition) is 1. The number of aromatic nitrogens is 1. The monoisotopic (exact) mass is 398 g/mol. The molecule has 0 radical (unpaired) electrons. The van der Waals surface area contributed by atoms with Gasteiger partial charge in [0.15, 0.2) is 0 Å². The minimum Gasteiger partial charge on any atom is -0.368 e. The van der Waals surface area contributed by atoms with E-state index < -0.39 is 23.7 Å². The fourth-order valence-corrected chi connectivity index (χ4v) is 3.49. The average Bonchev–Trinajstić information content (AvgIpc) is 2.62. The van der Waals surface area contributed by atoms with Crippen molar-refractivity contribution in [1.29, 1.82) is 0 Å². The summed E-state index contributed by atoms with van der Waals surface area (Å²) in [6.45, 7) is 1.94. The van der Waals surface area contributed by atoms with Crippen molar-refractivity contribution in [3.8, 4) is 0 Å². The molecule has 0 aliphatic carbocycles. The number of nitrogens with zero attached hydrogens (tertiary/aromatic N) is 3. The molecule has 3 rings (SSSR count). The number of benzene rings is 1. The Morgan fingerprint density at radius 2 is 1.78 bits per heavy atom. The number of amides is 1. The van der Waals surface area contributed by atoms with Crippen molar-refractivity contribution in [2.75, 3.05) is 31.1 Å². The Balaban J connectivity index is 1.72. The highest BCUT2D eigenvalue weighted by Crippen LogP contribution is 2.34. The molecule has 2 heterocycles. The standard InChI is InChI=1S/C18H18ClF3N4O/c19-14-10-13(18(20,21)22)11-24-17(14)26-8-6-25(7-9-26)15(16(23)27)12-4-2-1-3-5-12/h1-5,10-11,15H,6-9H2,(H2,23,27). The van der Waals surface area contributed by atoms with Crippen molar-refractivity contribution in [2.45, 2.75) is 12.2 Å². The van der Waals surface area contributed by atoms with Crippen LogP contribution < -0.4 is 10.6 Å². The molecule has 1 unspecified atom stereocenters. The molecule has 0 spiro atoms. The number of piperazine rings is 1. The number of nitrogens with two attached hydrogens (primary N) is 1. The van der Waals surface area contributed by atoms with E-state index in [9.17, 15) is 18.0 Å². The summed E-state index contributed by atoms with van der Waals surface area (Å²) >= 11 is 6.02. The van der Waals surface area contributed by atoms with E-state index in [0.29, 0.717) is 32.0 Å². The van der Waals surface area contributed by atoms with Gasteiger partial charge in [-0.3, -0.25) is 9.69 Å². The van der Waals surface area contributed by atoms with Crippen LogP contribution in [0.5, 0.6) is 0 Å². The van der Waals surface area contributed by atoms with E-state index >= 15 is 0 Å². The van der Waals surface area contributed by atoms with Gasteiger partial charge in [0.05, 0.1) is 10.6 Å². The Morgan fingerprint density at radius 1 is 1.15 bits per heavy atom. The van der Waals surface area contributed by atoms with Crippen LogP contribution in [0.2, 0.25) is 5.02 Å². The predicted molar refractivity (Wildman–Crippen MR) is 96.4 cm³/mol. The van der Waals surface area contributed by atoms with Crippen LogP contribution in [0.25, 0.3) is 0 Å². The maximum atomic E-state index is 12.8. The molecule has 1 atom stereocenters. The molecule has 1 aromatic carbocycles. The third kappa shape index (κ3) is 4.33. The van der Waals surface area contributed by atoms with Gasteiger partial charge in [-0.1, -0.05) is 41.9 Å². The number of anilines is 1. The molecule has 2 aromatic rings. The van der Waals surface area contributed by atoms with Crippen LogP contribution >= 0.6 is 11.6 Å². The lowest BCUT2D eigenvalue weighted by atomic mass is 10.0. The number of pyridine rings is 1. The number of primary amides is 1. The molecule has 0 bridgehead atoms. The highest BCUT2D eigenvalue weighted by atomic mass is 35.5. The van der Waals surface area contributed by atoms with Gasteiger partial charge in [-0.2, -0.15) is 13.2 Å². The first-order valence-electron chi connectivity index (χ1n) is 8.33. The number of rotatable bonds is 4. The van der Waals surface area contributed by atoms with Crippen molar-refractivity contribution in [3.63, 3.8) is 0 Å². The van der Waals surface area contributed by atoms with Crippen LogP contribution in [0.4, 0.5) is 19.0 Å². The van der Waals surface area contributed by atoms with Crippen LogP contribution in [0.15, 0.2) is 42.6 Å². The zero-order chi connectivity index (χ0) is 19.6. The Kier molecular flexibility index (Phi) is 5.57. The summed E-state index contributed by atoms with van der Waals surface area (Å²) in [7, 11) is 0. The molecule has 27 heavy (non-hydrogen) atoms. The number of carbonyl (C=O) groups excluding carboxylic acids is 1. The minimum absolute atomic E-state index is 0.0483. The van der Waals surface area contributed by atoms with Gasteiger partial charge in [-0.15, -0.1) is 0 Å². The second-order valence-corrected chi connectivity index (χ2v) is 6.67. The second kappa shape index (κ2) is 7.74. The molecular weight excluding hydrogens is 381 g/mol. The van der Waals surface area contributed by atoms with E-state index in [1.165, 1.54) is 0 Å². The predicted octanol–water partition coefficient (Wildman–Crippen LogP) is 3.10. The fourth-order valence-electron chi connectivity index (χ4n) is 3.20. The van der Waals surface area contributed by atoms with E-state index in [2.05, 4.69) is 4.98 Å². The first-order chi connectivity index (χ1) is 12.8. The molecule has 1 aromatic heterocycles. The fraction of sp³-hybridized carbons (Fsp3) is 0.333. The van der Waals surface area contributed by atoms with Gasteiger partial charge in [0, 0.05) is 32.4 Å². The normalized spacial score (nSPS) is 17.0. The molecule has 1 aliphatic heterocycles. The topological polar surface area (TPSA) is 62.5 Å². The van der Waals surface area contributed by atoms with E-state index in [4.69, 9.17) is 17.3 Å². The Labute approximate surface area is 159 Å². The van der Waals surface area contributed by atoms with Crippen LogP contribution in [-0.2, 0) is 11.0 Å². The van der Waals surface area contributed by atoms with Crippen LogP contribution in [-0.4, -0.2) is 42.0 Å². The average molecular weight is 399 g/mol. The summed E-state index contributed by atoms with van der Waals surface area (Å²) in [6, 6.07) is 9.56. The van der Waals surface area contributed by atoms with Crippen LogP contribution in [0.3, 0.4) is 0 Å². The summed E-state index contributed by atoms with van der Waals surface area (Å²) in [5, 5.41) is -0.0483. The Morgan fingerprint density at radius 3 is 2.30 bits per heavy atom. The Bertz CT molecular complexity index is 808. The molecule has 9 heteroatoms. The van der Waals surface area contributed by atoms with E-state index in [-0.39, 0.29) is 5.02 Å². The van der Waals surface area contributed by atoms with Crippen molar-refractivity contribution in [1.82, 2.24) is 9.88 Å². The molecule has 2 N–H and O–H groups in total. The lowest BCUT2D eigenvalue weighted by Crippen LogP contribution is -2.50. The lowest BCUT2D eigenvalue weighted by molar-refractivity contribution is -0.137. The van der Waals surface area contributed by atoms with Crippen molar-refractivity contribution in [2.24, 2.45) is 5.73 Å². The van der Waals surface area contributed by atoms with Gasteiger partial charge >= 0.3 is 6.18 Å². The van der Waals surface area contributed by atoms with E-state index in [1.807, 2.05) is 40.1 Å². The molecular formula is C18H18ClF3N4O. The van der Waals surface area contributed by atoms with E-state index in [1.54, 1.807) is 0 Å². The SMILES string of the molecule is NC(=O)C(c1ccccc1)N1CCN(c2ncc(C(F)(F)F)cc2Cl)CC1. The summed E-state index contributed by atoms with van der Waals surface area (Å²) in [6.07, 6.45) is -3.71. The highest BCUT2D eigenvalue weighted by molar-refractivity contribution is 6.33. The number of halogens is 4. The second-order valence-electron chi connectivity index (χ2n) is 6.27. The third-order valence-corrected chi connectivity index (χ3v) is 4.79. The van der Waals surface area contributed by atoms with Gasteiger partial charge in [0.2, 0.25) is 5.91 Å². The number of alkyl halides is 3. The first-order valence-corrected chi connectivity index (χ1v) is 8.71. The quantitative estimate of drug-likeness (QED) is 0.859. The maximum Gasteiger partial charge on any atom is 0.417 e. The molecule has 1 saturated heterocycles. The van der Waals surface area contributed by atoms with Crippen molar-refractivity contribution in [3.05, 3.63) is 58.7 Å². The van der Waals surface area contributed by atoms with Gasteiger partial charge in [0.25, 0.3) is 0 Å². The van der Waals surface area contributed by atoms with Gasteiger partial charge in [-0.25, -0.2) is 4.98 Å². The third-order valence-electron chi connectivity index (χ3n) is 4.51.